The van der Waals surface area contributed by atoms with Crippen LogP contribution >= 0.6 is 23.2 Å². The lowest BCUT2D eigenvalue weighted by atomic mass is 10.1. The van der Waals surface area contributed by atoms with Crippen molar-refractivity contribution in [3.8, 4) is 5.75 Å². The third kappa shape index (κ3) is 5.79. The Morgan fingerprint density at radius 1 is 1.08 bits per heavy atom. The molecule has 26 heavy (non-hydrogen) atoms. The van der Waals surface area contributed by atoms with Gasteiger partial charge in [-0.15, -0.1) is 0 Å². The molecular weight excluding hydrogens is 375 g/mol. The first kappa shape index (κ1) is 19.8. The number of hydrogen-bond acceptors (Lipinski definition) is 3. The summed E-state index contributed by atoms with van der Waals surface area (Å²) in [7, 11) is 0. The Bertz CT molecular complexity index is 830. The van der Waals surface area contributed by atoms with Crippen LogP contribution in [0.25, 0.3) is 6.08 Å². The molecule has 0 aliphatic rings. The molecule has 0 fully saturated rings. The van der Waals surface area contributed by atoms with Crippen LogP contribution in [0, 0.1) is 13.8 Å². The predicted octanol–water partition coefficient (Wildman–Crippen LogP) is 3.85. The number of hydrogen-bond donors (Lipinski definition) is 2. The first-order valence-corrected chi connectivity index (χ1v) is 8.53. The van der Waals surface area contributed by atoms with Gasteiger partial charge in [-0.1, -0.05) is 47.5 Å². The fraction of sp³-hybridized carbons (Fsp3) is 0.158. The highest BCUT2D eigenvalue weighted by atomic mass is 35.5. The summed E-state index contributed by atoms with van der Waals surface area (Å²) in [6.07, 6.45) is 2.77. The molecule has 2 N–H and O–H groups in total. The first-order valence-electron chi connectivity index (χ1n) is 7.78. The van der Waals surface area contributed by atoms with E-state index in [0.717, 1.165) is 11.1 Å². The zero-order valence-electron chi connectivity index (χ0n) is 14.3. The lowest BCUT2D eigenvalue weighted by Crippen LogP contribution is -2.43. The van der Waals surface area contributed by atoms with Crippen molar-refractivity contribution >= 4 is 41.1 Å². The zero-order valence-corrected chi connectivity index (χ0v) is 15.8. The fourth-order valence-corrected chi connectivity index (χ4v) is 2.65. The maximum absolute atomic E-state index is 11.8. The molecule has 0 radical (unpaired) electrons. The second-order valence-electron chi connectivity index (χ2n) is 5.55. The molecule has 2 aromatic rings. The van der Waals surface area contributed by atoms with E-state index < -0.39 is 11.8 Å². The van der Waals surface area contributed by atoms with Gasteiger partial charge in [0.15, 0.2) is 6.61 Å². The van der Waals surface area contributed by atoms with Gasteiger partial charge in [-0.3, -0.25) is 20.4 Å². The SMILES string of the molecule is Cc1cccc(C)c1OCC(=O)NNC(=O)/C=C/c1ccc(Cl)cc1Cl. The van der Waals surface area contributed by atoms with Gasteiger partial charge in [0.1, 0.15) is 5.75 Å². The maximum Gasteiger partial charge on any atom is 0.276 e. The van der Waals surface area contributed by atoms with E-state index in [1.165, 1.54) is 12.2 Å². The maximum atomic E-state index is 11.8. The van der Waals surface area contributed by atoms with Gasteiger partial charge in [0.2, 0.25) is 0 Å². The second-order valence-corrected chi connectivity index (χ2v) is 6.39. The Balaban J connectivity index is 1.81. The van der Waals surface area contributed by atoms with Gasteiger partial charge >= 0.3 is 0 Å². The topological polar surface area (TPSA) is 67.4 Å². The van der Waals surface area contributed by atoms with E-state index in [2.05, 4.69) is 10.9 Å². The number of hydrazine groups is 1. The summed E-state index contributed by atoms with van der Waals surface area (Å²) >= 11 is 11.8. The summed E-state index contributed by atoms with van der Waals surface area (Å²) in [6.45, 7) is 3.59. The van der Waals surface area contributed by atoms with E-state index >= 15 is 0 Å². The minimum absolute atomic E-state index is 0.210. The van der Waals surface area contributed by atoms with Gasteiger partial charge in [0, 0.05) is 16.1 Å². The molecule has 0 spiro atoms. The smallest absolute Gasteiger partial charge is 0.276 e. The molecule has 0 heterocycles. The fourth-order valence-electron chi connectivity index (χ4n) is 2.18. The molecule has 0 saturated heterocycles. The van der Waals surface area contributed by atoms with E-state index in [9.17, 15) is 9.59 Å². The third-order valence-corrected chi connectivity index (χ3v) is 4.02. The van der Waals surface area contributed by atoms with Crippen LogP contribution in [-0.2, 0) is 9.59 Å². The van der Waals surface area contributed by atoms with E-state index in [4.69, 9.17) is 27.9 Å². The molecule has 7 heteroatoms. The molecule has 136 valence electrons. The minimum Gasteiger partial charge on any atom is -0.483 e. The Morgan fingerprint density at radius 3 is 2.42 bits per heavy atom. The molecule has 0 saturated carbocycles. The number of ether oxygens (including phenoxy) is 1. The van der Waals surface area contributed by atoms with Crippen LogP contribution in [0.5, 0.6) is 5.75 Å². The van der Waals surface area contributed by atoms with Crippen LogP contribution in [0.1, 0.15) is 16.7 Å². The number of para-hydroxylation sites is 1. The van der Waals surface area contributed by atoms with Gasteiger partial charge in [-0.25, -0.2) is 0 Å². The van der Waals surface area contributed by atoms with Crippen LogP contribution < -0.4 is 15.6 Å². The molecule has 2 rings (SSSR count). The van der Waals surface area contributed by atoms with Crippen LogP contribution in [0.2, 0.25) is 10.0 Å². The van der Waals surface area contributed by atoms with Crippen molar-refractivity contribution in [3.05, 3.63) is 69.2 Å². The first-order chi connectivity index (χ1) is 12.4. The van der Waals surface area contributed by atoms with E-state index in [1.54, 1.807) is 18.2 Å². The molecule has 2 amide bonds. The molecule has 0 aliphatic carbocycles. The van der Waals surface area contributed by atoms with Gasteiger partial charge < -0.3 is 4.74 Å². The highest BCUT2D eigenvalue weighted by Crippen LogP contribution is 2.22. The molecular formula is C19H18Cl2N2O3. The van der Waals surface area contributed by atoms with Gasteiger partial charge in [-0.2, -0.15) is 0 Å². The number of amides is 2. The number of nitrogens with one attached hydrogen (secondary N) is 2. The normalized spacial score (nSPS) is 10.6. The summed E-state index contributed by atoms with van der Waals surface area (Å²) < 4.78 is 5.51. The number of benzene rings is 2. The van der Waals surface area contributed by atoms with Crippen LogP contribution in [0.4, 0.5) is 0 Å². The molecule has 0 aromatic heterocycles. The summed E-state index contributed by atoms with van der Waals surface area (Å²) in [4.78, 5) is 23.6. The molecule has 0 atom stereocenters. The summed E-state index contributed by atoms with van der Waals surface area (Å²) in [5, 5.41) is 0.931. The van der Waals surface area contributed by atoms with E-state index in [1.807, 2.05) is 32.0 Å². The highest BCUT2D eigenvalue weighted by Gasteiger charge is 2.07. The number of carbonyl (C=O) groups excluding carboxylic acids is 2. The van der Waals surface area contributed by atoms with Gasteiger partial charge in [0.25, 0.3) is 11.8 Å². The van der Waals surface area contributed by atoms with E-state index in [-0.39, 0.29) is 6.61 Å². The Kier molecular flexibility index (Phi) is 7.06. The molecule has 0 unspecified atom stereocenters. The van der Waals surface area contributed by atoms with Crippen molar-refractivity contribution in [1.29, 1.82) is 0 Å². The molecule has 0 aliphatic heterocycles. The lowest BCUT2D eigenvalue weighted by Gasteiger charge is -2.11. The standard InChI is InChI=1S/C19H18Cl2N2O3/c1-12-4-3-5-13(2)19(12)26-11-18(25)23-22-17(24)9-7-14-6-8-15(20)10-16(14)21/h3-10H,11H2,1-2H3,(H,22,24)(H,23,25)/b9-7+. The highest BCUT2D eigenvalue weighted by molar-refractivity contribution is 6.35. The predicted molar refractivity (Wildman–Crippen MR) is 103 cm³/mol. The molecule has 2 aromatic carbocycles. The Hall–Kier alpha value is -2.50. The number of rotatable bonds is 5. The van der Waals surface area contributed by atoms with Crippen LogP contribution in [0.3, 0.4) is 0 Å². The largest absolute Gasteiger partial charge is 0.483 e. The minimum atomic E-state index is -0.503. The summed E-state index contributed by atoms with van der Waals surface area (Å²) in [6, 6.07) is 10.6. The van der Waals surface area contributed by atoms with Crippen molar-refractivity contribution < 1.29 is 14.3 Å². The van der Waals surface area contributed by atoms with Crippen LogP contribution in [-0.4, -0.2) is 18.4 Å². The van der Waals surface area contributed by atoms with Crippen molar-refractivity contribution in [3.63, 3.8) is 0 Å². The van der Waals surface area contributed by atoms with Crippen molar-refractivity contribution in [2.24, 2.45) is 0 Å². The quantitative estimate of drug-likeness (QED) is 0.599. The van der Waals surface area contributed by atoms with E-state index in [0.29, 0.717) is 21.4 Å². The number of halogens is 2. The number of carbonyl (C=O) groups is 2. The summed E-state index contributed by atoms with van der Waals surface area (Å²) in [5.74, 6) is -0.318. The number of aryl methyl sites for hydroxylation is 2. The average molecular weight is 393 g/mol. The monoisotopic (exact) mass is 392 g/mol. The molecule has 5 nitrogen and oxygen atoms in total. The van der Waals surface area contributed by atoms with Crippen LogP contribution in [0.15, 0.2) is 42.5 Å². The van der Waals surface area contributed by atoms with Gasteiger partial charge in [0.05, 0.1) is 0 Å². The average Bonchev–Trinajstić information content (AvgIpc) is 2.58. The lowest BCUT2D eigenvalue weighted by molar-refractivity contribution is -0.128. The van der Waals surface area contributed by atoms with Crippen molar-refractivity contribution in [2.75, 3.05) is 6.61 Å². The van der Waals surface area contributed by atoms with Gasteiger partial charge in [-0.05, 0) is 48.7 Å². The zero-order chi connectivity index (χ0) is 19.1. The molecule has 0 bridgehead atoms. The van der Waals surface area contributed by atoms with Crippen molar-refractivity contribution in [1.82, 2.24) is 10.9 Å². The van der Waals surface area contributed by atoms with Crippen molar-refractivity contribution in [2.45, 2.75) is 13.8 Å². The Morgan fingerprint density at radius 2 is 1.77 bits per heavy atom. The summed E-state index contributed by atoms with van der Waals surface area (Å²) in [5.41, 5.74) is 7.06. The second kappa shape index (κ2) is 9.27. The Labute approximate surface area is 161 Å². The third-order valence-electron chi connectivity index (χ3n) is 3.46.